The number of likely N-dealkylation sites (tertiary alicyclic amines) is 1. The number of anilines is 1. The maximum atomic E-state index is 13.6. The summed E-state index contributed by atoms with van der Waals surface area (Å²) in [7, 11) is -2.70. The van der Waals surface area contributed by atoms with Gasteiger partial charge in [-0.3, -0.25) is 13.9 Å². The van der Waals surface area contributed by atoms with Crippen LogP contribution >= 0.6 is 11.6 Å². The molecule has 1 N–H and O–H groups in total. The first-order valence-electron chi connectivity index (χ1n) is 11.8. The molecule has 0 bridgehead atoms. The standard InChI is InChI=1S/C27H28ClN3O5S/c1-36-25-14-13-22(28)16-24(25)31(37(34,35)23-10-3-2-4-11-23)19-26(32)29-17-20-8-5-6-9-21(20)18-30-15-7-12-27(30)33/h2-6,8-11,13-14,16H,7,12,15,17-19H2,1H3,(H,29,32). The minimum Gasteiger partial charge on any atom is -0.495 e. The molecule has 8 nitrogen and oxygen atoms in total. The van der Waals surface area contributed by atoms with Gasteiger partial charge in [-0.1, -0.05) is 54.1 Å². The van der Waals surface area contributed by atoms with Crippen LogP contribution in [0.25, 0.3) is 0 Å². The van der Waals surface area contributed by atoms with Crippen molar-refractivity contribution >= 4 is 39.1 Å². The molecule has 0 aliphatic carbocycles. The van der Waals surface area contributed by atoms with E-state index in [0.717, 1.165) is 21.9 Å². The first-order valence-corrected chi connectivity index (χ1v) is 13.6. The molecule has 0 aromatic heterocycles. The Bertz CT molecular complexity index is 1380. The predicted molar refractivity (Wildman–Crippen MR) is 142 cm³/mol. The first-order chi connectivity index (χ1) is 17.8. The van der Waals surface area contributed by atoms with E-state index in [9.17, 15) is 18.0 Å². The molecule has 37 heavy (non-hydrogen) atoms. The molecule has 1 aliphatic rings. The van der Waals surface area contributed by atoms with Crippen LogP contribution in [-0.2, 0) is 32.7 Å². The molecule has 3 aromatic rings. The summed E-state index contributed by atoms with van der Waals surface area (Å²) < 4.78 is 33.6. The first kappa shape index (κ1) is 26.5. The molecule has 194 valence electrons. The van der Waals surface area contributed by atoms with Crippen molar-refractivity contribution in [1.82, 2.24) is 10.2 Å². The van der Waals surface area contributed by atoms with Crippen LogP contribution in [0.5, 0.6) is 5.75 Å². The Morgan fingerprint density at radius 1 is 1.05 bits per heavy atom. The summed E-state index contributed by atoms with van der Waals surface area (Å²) in [5.41, 5.74) is 1.94. The van der Waals surface area contributed by atoms with Gasteiger partial charge in [-0.05, 0) is 47.9 Å². The molecule has 0 saturated carbocycles. The quantitative estimate of drug-likeness (QED) is 0.419. The third-order valence-corrected chi connectivity index (χ3v) is 8.16. The Hall–Kier alpha value is -3.56. The number of halogens is 1. The second-order valence-corrected chi connectivity index (χ2v) is 10.9. The fraction of sp³-hybridized carbons (Fsp3) is 0.259. The third kappa shape index (κ3) is 6.23. The normalized spacial score (nSPS) is 13.5. The molecular formula is C27H28ClN3O5S. The number of amides is 2. The van der Waals surface area contributed by atoms with Gasteiger partial charge in [-0.2, -0.15) is 0 Å². The van der Waals surface area contributed by atoms with Gasteiger partial charge in [0, 0.05) is 31.1 Å². The lowest BCUT2D eigenvalue weighted by Crippen LogP contribution is -2.41. The van der Waals surface area contributed by atoms with E-state index < -0.39 is 22.5 Å². The van der Waals surface area contributed by atoms with Gasteiger partial charge in [-0.25, -0.2) is 8.42 Å². The van der Waals surface area contributed by atoms with E-state index in [4.69, 9.17) is 16.3 Å². The fourth-order valence-electron chi connectivity index (χ4n) is 4.22. The van der Waals surface area contributed by atoms with Crippen LogP contribution in [0, 0.1) is 0 Å². The Balaban J connectivity index is 1.57. The average Bonchev–Trinajstić information content (AvgIpc) is 3.31. The van der Waals surface area contributed by atoms with Crippen molar-refractivity contribution in [2.24, 2.45) is 0 Å². The predicted octanol–water partition coefficient (Wildman–Crippen LogP) is 3.98. The Morgan fingerprint density at radius 3 is 2.43 bits per heavy atom. The van der Waals surface area contributed by atoms with E-state index in [1.54, 1.807) is 35.2 Å². The summed E-state index contributed by atoms with van der Waals surface area (Å²) in [5, 5.41) is 3.13. The molecule has 2 amide bonds. The number of hydrogen-bond donors (Lipinski definition) is 1. The van der Waals surface area contributed by atoms with Gasteiger partial charge in [0.2, 0.25) is 11.8 Å². The van der Waals surface area contributed by atoms with E-state index in [2.05, 4.69) is 5.32 Å². The molecule has 1 fully saturated rings. The van der Waals surface area contributed by atoms with Crippen LogP contribution in [0.1, 0.15) is 24.0 Å². The van der Waals surface area contributed by atoms with E-state index in [0.29, 0.717) is 24.5 Å². The van der Waals surface area contributed by atoms with Crippen LogP contribution in [0.3, 0.4) is 0 Å². The summed E-state index contributed by atoms with van der Waals surface area (Å²) >= 11 is 6.18. The smallest absolute Gasteiger partial charge is 0.264 e. The zero-order chi connectivity index (χ0) is 26.4. The van der Waals surface area contributed by atoms with E-state index in [1.165, 1.54) is 25.3 Å². The van der Waals surface area contributed by atoms with E-state index in [1.807, 2.05) is 24.3 Å². The lowest BCUT2D eigenvalue weighted by atomic mass is 10.1. The summed E-state index contributed by atoms with van der Waals surface area (Å²) in [5.74, 6) is -0.123. The number of rotatable bonds is 10. The number of nitrogens with zero attached hydrogens (tertiary/aromatic N) is 2. The average molecular weight is 542 g/mol. The van der Waals surface area contributed by atoms with Crippen molar-refractivity contribution in [3.05, 3.63) is 88.9 Å². The second kappa shape index (κ2) is 11.7. The highest BCUT2D eigenvalue weighted by Crippen LogP contribution is 2.34. The van der Waals surface area contributed by atoms with Gasteiger partial charge in [0.05, 0.1) is 17.7 Å². The molecule has 3 aromatic carbocycles. The number of nitrogens with one attached hydrogen (secondary N) is 1. The molecule has 1 saturated heterocycles. The lowest BCUT2D eigenvalue weighted by Gasteiger charge is -2.26. The SMILES string of the molecule is COc1ccc(Cl)cc1N(CC(=O)NCc1ccccc1CN1CCCC1=O)S(=O)(=O)c1ccccc1. The molecule has 0 spiro atoms. The van der Waals surface area contributed by atoms with E-state index in [-0.39, 0.29) is 28.8 Å². The zero-order valence-electron chi connectivity index (χ0n) is 20.4. The van der Waals surface area contributed by atoms with Gasteiger partial charge in [0.25, 0.3) is 10.0 Å². The van der Waals surface area contributed by atoms with Crippen molar-refractivity contribution < 1.29 is 22.7 Å². The number of carbonyl (C=O) groups is 2. The van der Waals surface area contributed by atoms with Gasteiger partial charge in [0.15, 0.2) is 0 Å². The largest absolute Gasteiger partial charge is 0.495 e. The van der Waals surface area contributed by atoms with Crippen LogP contribution in [0.4, 0.5) is 5.69 Å². The monoisotopic (exact) mass is 541 g/mol. The minimum atomic E-state index is -4.12. The molecule has 0 atom stereocenters. The highest BCUT2D eigenvalue weighted by atomic mass is 35.5. The molecule has 4 rings (SSSR count). The molecule has 0 unspecified atom stereocenters. The number of benzene rings is 3. The number of ether oxygens (including phenoxy) is 1. The molecule has 10 heteroatoms. The van der Waals surface area contributed by atoms with Crippen molar-refractivity contribution in [2.75, 3.05) is 24.5 Å². The number of hydrogen-bond acceptors (Lipinski definition) is 5. The highest BCUT2D eigenvalue weighted by molar-refractivity contribution is 7.92. The molecule has 1 heterocycles. The highest BCUT2D eigenvalue weighted by Gasteiger charge is 2.30. The molecular weight excluding hydrogens is 514 g/mol. The van der Waals surface area contributed by atoms with Crippen LogP contribution in [0.2, 0.25) is 5.02 Å². The zero-order valence-corrected chi connectivity index (χ0v) is 22.0. The summed E-state index contributed by atoms with van der Waals surface area (Å²) in [4.78, 5) is 27.0. The maximum absolute atomic E-state index is 13.6. The van der Waals surface area contributed by atoms with E-state index >= 15 is 0 Å². The third-order valence-electron chi connectivity index (χ3n) is 6.15. The van der Waals surface area contributed by atoms with Gasteiger partial charge in [-0.15, -0.1) is 0 Å². The van der Waals surface area contributed by atoms with Crippen molar-refractivity contribution in [1.29, 1.82) is 0 Å². The molecule has 1 aliphatic heterocycles. The Labute approximate surface area is 221 Å². The van der Waals surface area contributed by atoms with Crippen LogP contribution in [-0.4, -0.2) is 45.3 Å². The van der Waals surface area contributed by atoms with Crippen molar-refractivity contribution in [3.8, 4) is 5.75 Å². The Morgan fingerprint density at radius 2 is 1.76 bits per heavy atom. The topological polar surface area (TPSA) is 96.0 Å². The minimum absolute atomic E-state index is 0.0328. The van der Waals surface area contributed by atoms with Gasteiger partial charge >= 0.3 is 0 Å². The lowest BCUT2D eigenvalue weighted by molar-refractivity contribution is -0.128. The van der Waals surface area contributed by atoms with Gasteiger partial charge < -0.3 is 15.0 Å². The summed E-state index contributed by atoms with van der Waals surface area (Å²) in [6.07, 6.45) is 1.40. The van der Waals surface area contributed by atoms with Crippen LogP contribution < -0.4 is 14.4 Å². The van der Waals surface area contributed by atoms with Crippen LogP contribution in [0.15, 0.2) is 77.7 Å². The Kier molecular flexibility index (Phi) is 8.35. The summed E-state index contributed by atoms with van der Waals surface area (Å²) in [6, 6.07) is 20.0. The number of carbonyl (C=O) groups excluding carboxylic acids is 2. The summed E-state index contributed by atoms with van der Waals surface area (Å²) in [6.45, 7) is 0.885. The number of sulfonamides is 1. The van der Waals surface area contributed by atoms with Crippen molar-refractivity contribution in [2.45, 2.75) is 30.8 Å². The molecule has 0 radical (unpaired) electrons. The van der Waals surface area contributed by atoms with Crippen molar-refractivity contribution in [3.63, 3.8) is 0 Å². The fourth-order valence-corrected chi connectivity index (χ4v) is 5.83. The number of methoxy groups -OCH3 is 1. The van der Waals surface area contributed by atoms with Gasteiger partial charge in [0.1, 0.15) is 12.3 Å². The maximum Gasteiger partial charge on any atom is 0.264 e. The second-order valence-electron chi connectivity index (χ2n) is 8.61.